The minimum Gasteiger partial charge on any atom is -0.373 e. The number of benzene rings is 1. The first kappa shape index (κ1) is 25.8. The summed E-state index contributed by atoms with van der Waals surface area (Å²) < 4.78 is 12.3. The lowest BCUT2D eigenvalue weighted by molar-refractivity contribution is -0.137. The molecule has 0 amide bonds. The zero-order chi connectivity index (χ0) is 22.4. The molecule has 1 aromatic rings. The maximum Gasteiger partial charge on any atom is 0.106 e. The molecular weight excluding hydrogens is 392 g/mol. The van der Waals surface area contributed by atoms with Gasteiger partial charge in [-0.2, -0.15) is 0 Å². The van der Waals surface area contributed by atoms with Crippen molar-refractivity contribution in [2.45, 2.75) is 135 Å². The van der Waals surface area contributed by atoms with Gasteiger partial charge in [0.05, 0.1) is 19.3 Å². The standard InChI is InChI=1S/C30H50O2/c1-3-5-7-9-11-13-25-15-17-26(18-16-25)27-19-21-28(22-20-27)30-24-31-29(23-32-30)14-12-10-8-6-4-2/h19-22,25-26,29-30H,3-18,23-24H2,1-2H3. The first-order valence-corrected chi connectivity index (χ1v) is 14.1. The van der Waals surface area contributed by atoms with E-state index in [1.807, 2.05) is 0 Å². The van der Waals surface area contributed by atoms with Crippen molar-refractivity contribution in [3.63, 3.8) is 0 Å². The maximum absolute atomic E-state index is 6.19. The molecular formula is C30H50O2. The zero-order valence-corrected chi connectivity index (χ0v) is 21.2. The highest BCUT2D eigenvalue weighted by Crippen LogP contribution is 2.38. The molecule has 2 nitrogen and oxygen atoms in total. The van der Waals surface area contributed by atoms with Gasteiger partial charge in [-0.15, -0.1) is 0 Å². The third-order valence-corrected chi connectivity index (χ3v) is 7.94. The molecule has 2 aliphatic rings. The van der Waals surface area contributed by atoms with Gasteiger partial charge in [-0.1, -0.05) is 109 Å². The highest BCUT2D eigenvalue weighted by Gasteiger charge is 2.25. The number of hydrogen-bond donors (Lipinski definition) is 0. The lowest BCUT2D eigenvalue weighted by atomic mass is 9.77. The van der Waals surface area contributed by atoms with Crippen LogP contribution in [0.25, 0.3) is 0 Å². The van der Waals surface area contributed by atoms with Gasteiger partial charge in [0.2, 0.25) is 0 Å². The first-order chi connectivity index (χ1) is 15.8. The summed E-state index contributed by atoms with van der Waals surface area (Å²) in [7, 11) is 0. The lowest BCUT2D eigenvalue weighted by Crippen LogP contribution is -2.31. The lowest BCUT2D eigenvalue weighted by Gasteiger charge is -2.31. The van der Waals surface area contributed by atoms with Gasteiger partial charge in [-0.25, -0.2) is 0 Å². The van der Waals surface area contributed by atoms with E-state index >= 15 is 0 Å². The van der Waals surface area contributed by atoms with Gasteiger partial charge in [0.15, 0.2) is 0 Å². The van der Waals surface area contributed by atoms with Crippen LogP contribution in [-0.4, -0.2) is 19.3 Å². The minimum absolute atomic E-state index is 0.115. The Morgan fingerprint density at radius 3 is 1.81 bits per heavy atom. The molecule has 182 valence electrons. The van der Waals surface area contributed by atoms with Gasteiger partial charge in [0, 0.05) is 0 Å². The molecule has 3 rings (SSSR count). The van der Waals surface area contributed by atoms with Crippen LogP contribution in [0.2, 0.25) is 0 Å². The molecule has 1 aliphatic carbocycles. The fourth-order valence-corrected chi connectivity index (χ4v) is 5.68. The summed E-state index contributed by atoms with van der Waals surface area (Å²) in [6.45, 7) is 6.04. The van der Waals surface area contributed by atoms with Crippen molar-refractivity contribution >= 4 is 0 Å². The minimum atomic E-state index is 0.115. The number of hydrogen-bond acceptors (Lipinski definition) is 2. The van der Waals surface area contributed by atoms with Crippen molar-refractivity contribution in [3.8, 4) is 0 Å². The molecule has 1 heterocycles. The summed E-state index contributed by atoms with van der Waals surface area (Å²) in [6.07, 6.45) is 22.4. The largest absolute Gasteiger partial charge is 0.373 e. The molecule has 0 aromatic heterocycles. The van der Waals surface area contributed by atoms with Crippen LogP contribution in [-0.2, 0) is 9.47 Å². The highest BCUT2D eigenvalue weighted by atomic mass is 16.6. The molecule has 0 radical (unpaired) electrons. The van der Waals surface area contributed by atoms with Crippen molar-refractivity contribution in [2.75, 3.05) is 13.2 Å². The van der Waals surface area contributed by atoms with E-state index in [1.165, 1.54) is 107 Å². The number of ether oxygens (including phenoxy) is 2. The molecule has 0 spiro atoms. The van der Waals surface area contributed by atoms with Crippen LogP contribution in [0.15, 0.2) is 24.3 Å². The van der Waals surface area contributed by atoms with Crippen LogP contribution < -0.4 is 0 Å². The molecule has 2 unspecified atom stereocenters. The summed E-state index contributed by atoms with van der Waals surface area (Å²) in [5, 5.41) is 0. The smallest absolute Gasteiger partial charge is 0.106 e. The van der Waals surface area contributed by atoms with E-state index in [4.69, 9.17) is 9.47 Å². The van der Waals surface area contributed by atoms with Gasteiger partial charge in [-0.3, -0.25) is 0 Å². The molecule has 1 aliphatic heterocycles. The van der Waals surface area contributed by atoms with Crippen molar-refractivity contribution in [2.24, 2.45) is 5.92 Å². The van der Waals surface area contributed by atoms with Gasteiger partial charge in [-0.05, 0) is 55.1 Å². The molecule has 0 N–H and O–H groups in total. The van der Waals surface area contributed by atoms with Crippen LogP contribution >= 0.6 is 0 Å². The Balaban J connectivity index is 1.32. The highest BCUT2D eigenvalue weighted by molar-refractivity contribution is 5.27. The quantitative estimate of drug-likeness (QED) is 0.267. The number of unbranched alkanes of at least 4 members (excludes halogenated alkanes) is 8. The maximum atomic E-state index is 6.19. The SMILES string of the molecule is CCCCCCCC1CCC(c2ccc(C3COC(CCCCCCC)CO3)cc2)CC1. The summed E-state index contributed by atoms with van der Waals surface area (Å²) in [5.41, 5.74) is 2.83. The van der Waals surface area contributed by atoms with Gasteiger partial charge in [0.25, 0.3) is 0 Å². The zero-order valence-electron chi connectivity index (χ0n) is 21.2. The Kier molecular flexibility index (Phi) is 12.2. The average molecular weight is 443 g/mol. The van der Waals surface area contributed by atoms with Crippen molar-refractivity contribution in [3.05, 3.63) is 35.4 Å². The topological polar surface area (TPSA) is 18.5 Å². The van der Waals surface area contributed by atoms with Crippen LogP contribution in [0.1, 0.15) is 140 Å². The predicted octanol–water partition coefficient (Wildman–Crippen LogP) is 9.14. The van der Waals surface area contributed by atoms with E-state index in [0.717, 1.165) is 24.9 Å². The molecule has 2 atom stereocenters. The van der Waals surface area contributed by atoms with Crippen molar-refractivity contribution < 1.29 is 9.47 Å². The molecule has 0 bridgehead atoms. The third kappa shape index (κ3) is 8.82. The van der Waals surface area contributed by atoms with Crippen LogP contribution in [0, 0.1) is 5.92 Å². The second-order valence-electron chi connectivity index (χ2n) is 10.6. The second-order valence-corrected chi connectivity index (χ2v) is 10.6. The van der Waals surface area contributed by atoms with Crippen LogP contribution in [0.4, 0.5) is 0 Å². The predicted molar refractivity (Wildman–Crippen MR) is 136 cm³/mol. The normalized spacial score (nSPS) is 26.3. The Labute approximate surface area is 198 Å². The summed E-state index contributed by atoms with van der Waals surface area (Å²) in [6, 6.07) is 9.34. The monoisotopic (exact) mass is 442 g/mol. The number of rotatable bonds is 14. The molecule has 2 heteroatoms. The van der Waals surface area contributed by atoms with E-state index < -0.39 is 0 Å². The van der Waals surface area contributed by atoms with Gasteiger partial charge >= 0.3 is 0 Å². The fraction of sp³-hybridized carbons (Fsp3) is 0.800. The Bertz CT molecular complexity index is 526. The average Bonchev–Trinajstić information content (AvgIpc) is 2.85. The van der Waals surface area contributed by atoms with E-state index in [-0.39, 0.29) is 6.10 Å². The fourth-order valence-electron chi connectivity index (χ4n) is 5.68. The first-order valence-electron chi connectivity index (χ1n) is 14.1. The molecule has 2 fully saturated rings. The van der Waals surface area contributed by atoms with Crippen molar-refractivity contribution in [1.82, 2.24) is 0 Å². The van der Waals surface area contributed by atoms with E-state index in [0.29, 0.717) is 12.7 Å². The molecule has 1 saturated heterocycles. The second kappa shape index (κ2) is 15.1. The summed E-state index contributed by atoms with van der Waals surface area (Å²) >= 11 is 0. The van der Waals surface area contributed by atoms with E-state index in [9.17, 15) is 0 Å². The third-order valence-electron chi connectivity index (χ3n) is 7.94. The molecule has 1 saturated carbocycles. The summed E-state index contributed by atoms with van der Waals surface area (Å²) in [4.78, 5) is 0. The van der Waals surface area contributed by atoms with Crippen LogP contribution in [0.3, 0.4) is 0 Å². The van der Waals surface area contributed by atoms with Gasteiger partial charge in [0.1, 0.15) is 6.10 Å². The van der Waals surface area contributed by atoms with Crippen LogP contribution in [0.5, 0.6) is 0 Å². The Hall–Kier alpha value is -0.860. The summed E-state index contributed by atoms with van der Waals surface area (Å²) in [5.74, 6) is 1.75. The van der Waals surface area contributed by atoms with Gasteiger partial charge < -0.3 is 9.47 Å². The Morgan fingerprint density at radius 1 is 0.625 bits per heavy atom. The van der Waals surface area contributed by atoms with Crippen molar-refractivity contribution in [1.29, 1.82) is 0 Å². The Morgan fingerprint density at radius 2 is 1.22 bits per heavy atom. The van der Waals surface area contributed by atoms with E-state index in [2.05, 4.69) is 38.1 Å². The molecule has 32 heavy (non-hydrogen) atoms. The van der Waals surface area contributed by atoms with E-state index in [1.54, 1.807) is 0 Å². The molecule has 1 aromatic carbocycles.